The quantitative estimate of drug-likeness (QED) is 0.628. The van der Waals surface area contributed by atoms with Crippen molar-refractivity contribution in [2.75, 3.05) is 0 Å². The molecule has 0 aliphatic rings. The summed E-state index contributed by atoms with van der Waals surface area (Å²) in [7, 11) is 0. The molecule has 0 saturated heterocycles. The van der Waals surface area contributed by atoms with Gasteiger partial charge in [-0.2, -0.15) is 0 Å². The minimum absolute atomic E-state index is 0.0681. The van der Waals surface area contributed by atoms with Gasteiger partial charge in [0.25, 0.3) is 0 Å². The van der Waals surface area contributed by atoms with Crippen LogP contribution in [0.2, 0.25) is 0 Å². The number of benzene rings is 1. The van der Waals surface area contributed by atoms with Crippen molar-refractivity contribution in [1.29, 1.82) is 0 Å². The van der Waals surface area contributed by atoms with Gasteiger partial charge in [-0.3, -0.25) is 0 Å². The second-order valence-electron chi connectivity index (χ2n) is 6.58. The SMILES string of the molecule is [2H]C=C(Br)c1c(C(C)(C)C)cccc1C(C)(C)C. The van der Waals surface area contributed by atoms with E-state index >= 15 is 0 Å². The lowest BCUT2D eigenvalue weighted by Gasteiger charge is -2.29. The van der Waals surface area contributed by atoms with Gasteiger partial charge in [-0.15, -0.1) is 0 Å². The predicted octanol–water partition coefficient (Wildman–Crippen LogP) is 5.65. The van der Waals surface area contributed by atoms with Crippen LogP contribution in [0, 0.1) is 0 Å². The van der Waals surface area contributed by atoms with Crippen LogP contribution in [-0.4, -0.2) is 0 Å². The monoisotopic (exact) mass is 295 g/mol. The van der Waals surface area contributed by atoms with E-state index in [1.54, 1.807) is 0 Å². The van der Waals surface area contributed by atoms with Crippen LogP contribution >= 0.6 is 15.9 Å². The van der Waals surface area contributed by atoms with Gasteiger partial charge in [0.1, 0.15) is 0 Å². The molecule has 0 spiro atoms. The normalized spacial score (nSPS) is 14.8. The number of hydrogen-bond donors (Lipinski definition) is 0. The van der Waals surface area contributed by atoms with Crippen molar-refractivity contribution in [3.05, 3.63) is 41.4 Å². The van der Waals surface area contributed by atoms with E-state index < -0.39 is 0 Å². The average Bonchev–Trinajstić information content (AvgIpc) is 2.24. The average molecular weight is 296 g/mol. The molecule has 0 unspecified atom stereocenters. The molecular weight excluding hydrogens is 272 g/mol. The van der Waals surface area contributed by atoms with Gasteiger partial charge < -0.3 is 0 Å². The Morgan fingerprint density at radius 2 is 1.47 bits per heavy atom. The van der Waals surface area contributed by atoms with Crippen molar-refractivity contribution in [3.63, 3.8) is 0 Å². The van der Waals surface area contributed by atoms with Gasteiger partial charge in [0.15, 0.2) is 0 Å². The Kier molecular flexibility index (Phi) is 3.49. The third kappa shape index (κ3) is 3.22. The maximum Gasteiger partial charge on any atom is 0.0550 e. The molecule has 0 amide bonds. The van der Waals surface area contributed by atoms with Gasteiger partial charge >= 0.3 is 0 Å². The van der Waals surface area contributed by atoms with Crippen LogP contribution in [0.25, 0.3) is 4.48 Å². The molecule has 0 radical (unpaired) electrons. The highest BCUT2D eigenvalue weighted by Gasteiger charge is 2.25. The van der Waals surface area contributed by atoms with E-state index in [-0.39, 0.29) is 10.8 Å². The van der Waals surface area contributed by atoms with E-state index in [2.05, 4.69) is 75.7 Å². The standard InChI is InChI=1S/C16H23Br/c1-11(17)14-12(15(2,3)4)9-8-10-13(14)16(5,6)7/h8-10H,1H2,2-7H3/i1D. The van der Waals surface area contributed by atoms with E-state index in [1.165, 1.54) is 23.2 Å². The third-order valence-corrected chi connectivity index (χ3v) is 3.32. The van der Waals surface area contributed by atoms with Crippen molar-refractivity contribution in [1.82, 2.24) is 0 Å². The van der Waals surface area contributed by atoms with Crippen LogP contribution in [0.15, 0.2) is 24.8 Å². The highest BCUT2D eigenvalue weighted by atomic mass is 79.9. The maximum atomic E-state index is 7.54. The van der Waals surface area contributed by atoms with E-state index in [0.717, 1.165) is 4.48 Å². The molecule has 0 fully saturated rings. The summed E-state index contributed by atoms with van der Waals surface area (Å²) in [6.45, 7) is 14.7. The van der Waals surface area contributed by atoms with Crippen LogP contribution < -0.4 is 0 Å². The lowest BCUT2D eigenvalue weighted by molar-refractivity contribution is 0.566. The lowest BCUT2D eigenvalue weighted by atomic mass is 9.76. The first-order valence-corrected chi connectivity index (χ1v) is 6.76. The van der Waals surface area contributed by atoms with Crippen LogP contribution in [0.5, 0.6) is 0 Å². The summed E-state index contributed by atoms with van der Waals surface area (Å²) in [5.74, 6) is 0. The molecule has 1 aromatic carbocycles. The fourth-order valence-electron chi connectivity index (χ4n) is 2.06. The van der Waals surface area contributed by atoms with Crippen molar-refractivity contribution in [2.24, 2.45) is 0 Å². The molecule has 0 saturated carbocycles. The van der Waals surface area contributed by atoms with Gasteiger partial charge in [0.05, 0.1) is 1.37 Å². The van der Waals surface area contributed by atoms with Gasteiger partial charge in [0.2, 0.25) is 0 Å². The molecule has 1 rings (SSSR count). The van der Waals surface area contributed by atoms with Gasteiger partial charge in [-0.1, -0.05) is 82.2 Å². The molecule has 1 heteroatoms. The minimum Gasteiger partial charge on any atom is -0.0841 e. The molecule has 0 heterocycles. The Labute approximate surface area is 116 Å². The zero-order valence-electron chi connectivity index (χ0n) is 12.7. The summed E-state index contributed by atoms with van der Waals surface area (Å²) in [6.07, 6.45) is 0. The van der Waals surface area contributed by atoms with Crippen LogP contribution in [-0.2, 0) is 10.8 Å². The van der Waals surface area contributed by atoms with Crippen molar-refractivity contribution in [3.8, 4) is 0 Å². The van der Waals surface area contributed by atoms with E-state index in [4.69, 9.17) is 1.37 Å². The summed E-state index contributed by atoms with van der Waals surface area (Å²) in [5.41, 5.74) is 3.88. The molecular formula is C16H23Br. The fourth-order valence-corrected chi connectivity index (χ4v) is 2.49. The fraction of sp³-hybridized carbons (Fsp3) is 0.500. The lowest BCUT2D eigenvalue weighted by Crippen LogP contribution is -2.19. The molecule has 94 valence electrons. The Hall–Kier alpha value is -0.560. The van der Waals surface area contributed by atoms with E-state index in [0.29, 0.717) is 0 Å². The second kappa shape index (κ2) is 4.61. The largest absolute Gasteiger partial charge is 0.0841 e. The molecule has 0 aliphatic heterocycles. The highest BCUT2D eigenvalue weighted by Crippen LogP contribution is 2.38. The Balaban J connectivity index is 3.67. The molecule has 17 heavy (non-hydrogen) atoms. The van der Waals surface area contributed by atoms with Crippen LogP contribution in [0.3, 0.4) is 0 Å². The zero-order chi connectivity index (χ0) is 14.1. The Morgan fingerprint density at radius 1 is 1.06 bits per heavy atom. The summed E-state index contributed by atoms with van der Waals surface area (Å²) >= 11 is 3.55. The highest BCUT2D eigenvalue weighted by molar-refractivity contribution is 9.15. The summed E-state index contributed by atoms with van der Waals surface area (Å²) in [6, 6.07) is 6.44. The smallest absolute Gasteiger partial charge is 0.0550 e. The first-order chi connectivity index (χ1) is 8.09. The van der Waals surface area contributed by atoms with Gasteiger partial charge in [-0.05, 0) is 27.5 Å². The third-order valence-electron chi connectivity index (χ3n) is 2.92. The minimum atomic E-state index is 0.0681. The molecule has 0 nitrogen and oxygen atoms in total. The van der Waals surface area contributed by atoms with Gasteiger partial charge in [-0.25, -0.2) is 0 Å². The number of rotatable bonds is 1. The first-order valence-electron chi connectivity index (χ1n) is 6.55. The van der Waals surface area contributed by atoms with Crippen molar-refractivity contribution < 1.29 is 1.37 Å². The first kappa shape index (κ1) is 12.9. The zero-order valence-corrected chi connectivity index (χ0v) is 13.3. The predicted molar refractivity (Wildman–Crippen MR) is 81.8 cm³/mol. The van der Waals surface area contributed by atoms with Crippen molar-refractivity contribution in [2.45, 2.75) is 52.4 Å². The maximum absolute atomic E-state index is 7.54. The number of hydrogen-bond acceptors (Lipinski definition) is 0. The second-order valence-corrected chi connectivity index (χ2v) is 7.43. The molecule has 0 atom stereocenters. The molecule has 0 aromatic heterocycles. The van der Waals surface area contributed by atoms with Crippen molar-refractivity contribution >= 4 is 20.4 Å². The summed E-state index contributed by atoms with van der Waals surface area (Å²) in [5, 5.41) is 0. The molecule has 1 aromatic rings. The number of halogens is 1. The van der Waals surface area contributed by atoms with E-state index in [9.17, 15) is 0 Å². The molecule has 0 aliphatic carbocycles. The van der Waals surface area contributed by atoms with Crippen LogP contribution in [0.4, 0.5) is 0 Å². The van der Waals surface area contributed by atoms with Crippen LogP contribution in [0.1, 0.15) is 59.6 Å². The molecule has 0 N–H and O–H groups in total. The summed E-state index contributed by atoms with van der Waals surface area (Å²) < 4.78 is 8.40. The molecule has 0 bridgehead atoms. The summed E-state index contributed by atoms with van der Waals surface area (Å²) in [4.78, 5) is 0. The van der Waals surface area contributed by atoms with E-state index in [1.807, 2.05) is 0 Å². The Bertz CT molecular complexity index is 427. The topological polar surface area (TPSA) is 0 Å². The van der Waals surface area contributed by atoms with Gasteiger partial charge in [0, 0.05) is 4.48 Å². The Morgan fingerprint density at radius 3 is 1.76 bits per heavy atom.